The van der Waals surface area contributed by atoms with E-state index in [0.717, 1.165) is 15.2 Å². The molecule has 0 radical (unpaired) electrons. The summed E-state index contributed by atoms with van der Waals surface area (Å²) < 4.78 is 5.80. The van der Waals surface area contributed by atoms with Gasteiger partial charge < -0.3 is 4.74 Å². The van der Waals surface area contributed by atoms with E-state index in [1.807, 2.05) is 24.3 Å². The predicted molar refractivity (Wildman–Crippen MR) is 67.9 cm³/mol. The number of carbonyl (C=O) groups excluding carboxylic acids is 1. The first kappa shape index (κ1) is 12.0. The van der Waals surface area contributed by atoms with Gasteiger partial charge >= 0.3 is 5.97 Å². The molecule has 1 aromatic carbocycles. The van der Waals surface area contributed by atoms with Crippen molar-refractivity contribution < 1.29 is 9.53 Å². The Kier molecular flexibility index (Phi) is 3.71. The van der Waals surface area contributed by atoms with Gasteiger partial charge in [-0.1, -0.05) is 12.1 Å². The Morgan fingerprint density at radius 2 is 2.29 bits per heavy atom. The first-order valence-corrected chi connectivity index (χ1v) is 6.18. The summed E-state index contributed by atoms with van der Waals surface area (Å²) in [7, 11) is 1.39. The Bertz CT molecular complexity index is 491. The summed E-state index contributed by atoms with van der Waals surface area (Å²) in [5.41, 5.74) is 1.00. The van der Waals surface area contributed by atoms with Gasteiger partial charge in [-0.2, -0.15) is 0 Å². The van der Waals surface area contributed by atoms with E-state index in [0.29, 0.717) is 6.54 Å². The summed E-state index contributed by atoms with van der Waals surface area (Å²) in [5.74, 6) is -0.258. The number of ether oxygens (including phenoxy) is 1. The largest absolute Gasteiger partial charge is 0.468 e. The molecule has 4 nitrogen and oxygen atoms in total. The van der Waals surface area contributed by atoms with Gasteiger partial charge in [0, 0.05) is 6.54 Å². The molecule has 0 amide bonds. The molecule has 2 rings (SSSR count). The maximum absolute atomic E-state index is 11.2. The van der Waals surface area contributed by atoms with Crippen LogP contribution in [0.2, 0.25) is 0 Å². The van der Waals surface area contributed by atoms with Crippen LogP contribution in [0, 0.1) is 0 Å². The minimum atomic E-state index is -0.313. The van der Waals surface area contributed by atoms with Crippen LogP contribution in [-0.4, -0.2) is 24.1 Å². The highest BCUT2D eigenvalue weighted by molar-refractivity contribution is 7.18. The van der Waals surface area contributed by atoms with Crippen molar-refractivity contribution in [2.24, 2.45) is 0 Å². The van der Waals surface area contributed by atoms with Crippen LogP contribution >= 0.6 is 11.3 Å². The first-order chi connectivity index (χ1) is 8.20. The third-order valence-electron chi connectivity index (χ3n) is 2.45. The number of hydrogen-bond donors (Lipinski definition) is 1. The zero-order valence-electron chi connectivity index (χ0n) is 9.77. The molecule has 0 spiro atoms. The molecular formula is C12H14N2O2S. The molecule has 0 aliphatic carbocycles. The number of carbonyl (C=O) groups is 1. The van der Waals surface area contributed by atoms with Gasteiger partial charge in [-0.05, 0) is 19.1 Å². The van der Waals surface area contributed by atoms with Crippen molar-refractivity contribution >= 4 is 27.5 Å². The molecular weight excluding hydrogens is 236 g/mol. The summed E-state index contributed by atoms with van der Waals surface area (Å²) in [5, 5.41) is 4.06. The van der Waals surface area contributed by atoms with Crippen LogP contribution in [0.1, 0.15) is 11.9 Å². The van der Waals surface area contributed by atoms with Gasteiger partial charge in [0.15, 0.2) is 0 Å². The molecule has 5 heteroatoms. The summed E-state index contributed by atoms with van der Waals surface area (Å²) in [6, 6.07) is 7.68. The molecule has 0 aliphatic rings. The molecule has 1 unspecified atom stereocenters. The molecule has 1 heterocycles. The van der Waals surface area contributed by atoms with Crippen molar-refractivity contribution in [3.05, 3.63) is 29.3 Å². The SMILES string of the molecule is COC(=O)C(C)NCc1nc2ccccc2s1. The monoisotopic (exact) mass is 250 g/mol. The van der Waals surface area contributed by atoms with Gasteiger partial charge in [-0.25, -0.2) is 4.98 Å². The molecule has 1 aromatic heterocycles. The lowest BCUT2D eigenvalue weighted by atomic mass is 10.3. The van der Waals surface area contributed by atoms with E-state index >= 15 is 0 Å². The van der Waals surface area contributed by atoms with E-state index in [9.17, 15) is 4.79 Å². The van der Waals surface area contributed by atoms with Crippen molar-refractivity contribution in [1.82, 2.24) is 10.3 Å². The molecule has 0 aliphatic heterocycles. The van der Waals surface area contributed by atoms with Crippen LogP contribution in [0.5, 0.6) is 0 Å². The standard InChI is InChI=1S/C12H14N2O2S/c1-8(12(15)16-2)13-7-11-14-9-5-3-4-6-10(9)17-11/h3-6,8,13H,7H2,1-2H3. The average Bonchev–Trinajstić information content (AvgIpc) is 2.77. The van der Waals surface area contributed by atoms with Crippen molar-refractivity contribution in [3.8, 4) is 0 Å². The molecule has 0 fully saturated rings. The van der Waals surface area contributed by atoms with Crippen molar-refractivity contribution in [1.29, 1.82) is 0 Å². The zero-order valence-corrected chi connectivity index (χ0v) is 10.6. The molecule has 17 heavy (non-hydrogen) atoms. The van der Waals surface area contributed by atoms with Crippen molar-refractivity contribution in [3.63, 3.8) is 0 Å². The van der Waals surface area contributed by atoms with Crippen molar-refractivity contribution in [2.45, 2.75) is 19.5 Å². The third kappa shape index (κ3) is 2.81. The number of benzene rings is 1. The van der Waals surface area contributed by atoms with Crippen LogP contribution in [0.4, 0.5) is 0 Å². The normalized spacial score (nSPS) is 12.6. The fraction of sp³-hybridized carbons (Fsp3) is 0.333. The summed E-state index contributed by atoms with van der Waals surface area (Å²) >= 11 is 1.63. The Balaban J connectivity index is 2.01. The lowest BCUT2D eigenvalue weighted by molar-refractivity contribution is -0.142. The van der Waals surface area contributed by atoms with Gasteiger partial charge in [0.1, 0.15) is 11.0 Å². The van der Waals surface area contributed by atoms with Crippen LogP contribution < -0.4 is 5.32 Å². The van der Waals surface area contributed by atoms with Gasteiger partial charge in [0.05, 0.1) is 17.3 Å². The highest BCUT2D eigenvalue weighted by atomic mass is 32.1. The van der Waals surface area contributed by atoms with E-state index < -0.39 is 0 Å². The number of para-hydroxylation sites is 1. The number of methoxy groups -OCH3 is 1. The van der Waals surface area contributed by atoms with Gasteiger partial charge in [0.25, 0.3) is 0 Å². The highest BCUT2D eigenvalue weighted by Gasteiger charge is 2.12. The number of aromatic nitrogens is 1. The van der Waals surface area contributed by atoms with Gasteiger partial charge in [-0.3, -0.25) is 10.1 Å². The minimum absolute atomic E-state index is 0.258. The van der Waals surface area contributed by atoms with Crippen LogP contribution in [0.25, 0.3) is 10.2 Å². The maximum Gasteiger partial charge on any atom is 0.322 e. The second-order valence-corrected chi connectivity index (χ2v) is 4.82. The van der Waals surface area contributed by atoms with Crippen molar-refractivity contribution in [2.75, 3.05) is 7.11 Å². The fourth-order valence-corrected chi connectivity index (χ4v) is 2.41. The first-order valence-electron chi connectivity index (χ1n) is 5.36. The molecule has 1 N–H and O–H groups in total. The second kappa shape index (κ2) is 5.25. The number of esters is 1. The topological polar surface area (TPSA) is 51.2 Å². The molecule has 90 valence electrons. The predicted octanol–water partition coefficient (Wildman–Crippen LogP) is 1.95. The van der Waals surface area contributed by atoms with E-state index in [4.69, 9.17) is 0 Å². The molecule has 0 saturated heterocycles. The minimum Gasteiger partial charge on any atom is -0.468 e. The Labute approximate surface area is 104 Å². The van der Waals surface area contributed by atoms with Gasteiger partial charge in [-0.15, -0.1) is 11.3 Å². The number of rotatable bonds is 4. The van der Waals surface area contributed by atoms with E-state index in [1.165, 1.54) is 7.11 Å². The molecule has 0 saturated carbocycles. The van der Waals surface area contributed by atoms with E-state index in [2.05, 4.69) is 15.0 Å². The van der Waals surface area contributed by atoms with Crippen LogP contribution in [0.3, 0.4) is 0 Å². The van der Waals surface area contributed by atoms with Crippen LogP contribution in [0.15, 0.2) is 24.3 Å². The second-order valence-electron chi connectivity index (χ2n) is 3.70. The lowest BCUT2D eigenvalue weighted by Gasteiger charge is -2.09. The summed E-state index contributed by atoms with van der Waals surface area (Å²) in [4.78, 5) is 15.7. The molecule has 0 bridgehead atoms. The zero-order chi connectivity index (χ0) is 12.3. The number of fused-ring (bicyclic) bond motifs is 1. The number of thiazole rings is 1. The van der Waals surface area contributed by atoms with E-state index in [1.54, 1.807) is 18.3 Å². The summed E-state index contributed by atoms with van der Waals surface area (Å²) in [6.07, 6.45) is 0. The average molecular weight is 250 g/mol. The fourth-order valence-electron chi connectivity index (χ4n) is 1.50. The van der Waals surface area contributed by atoms with E-state index in [-0.39, 0.29) is 12.0 Å². The Hall–Kier alpha value is -1.46. The lowest BCUT2D eigenvalue weighted by Crippen LogP contribution is -2.34. The summed E-state index contributed by atoms with van der Waals surface area (Å²) in [6.45, 7) is 2.36. The Morgan fingerprint density at radius 3 is 3.00 bits per heavy atom. The van der Waals surface area contributed by atoms with Crippen LogP contribution in [-0.2, 0) is 16.1 Å². The number of nitrogens with zero attached hydrogens (tertiary/aromatic N) is 1. The molecule has 1 atom stereocenters. The number of hydrogen-bond acceptors (Lipinski definition) is 5. The number of nitrogens with one attached hydrogen (secondary N) is 1. The quantitative estimate of drug-likeness (QED) is 0.843. The van der Waals surface area contributed by atoms with Gasteiger partial charge in [0.2, 0.25) is 0 Å². The maximum atomic E-state index is 11.2. The Morgan fingerprint density at radius 1 is 1.53 bits per heavy atom. The highest BCUT2D eigenvalue weighted by Crippen LogP contribution is 2.21. The third-order valence-corrected chi connectivity index (χ3v) is 3.49. The molecule has 2 aromatic rings. The smallest absolute Gasteiger partial charge is 0.322 e.